The van der Waals surface area contributed by atoms with Crippen molar-refractivity contribution in [3.05, 3.63) is 71.5 Å². The van der Waals surface area contributed by atoms with Gasteiger partial charge in [-0.1, -0.05) is 12.1 Å². The molecule has 7 nitrogen and oxygen atoms in total. The Labute approximate surface area is 187 Å². The van der Waals surface area contributed by atoms with Crippen LogP contribution in [-0.4, -0.2) is 28.3 Å². The summed E-state index contributed by atoms with van der Waals surface area (Å²) in [6, 6.07) is 12.6. The highest BCUT2D eigenvalue weighted by molar-refractivity contribution is 6.01. The Kier molecular flexibility index (Phi) is 4.55. The van der Waals surface area contributed by atoms with E-state index in [1.807, 2.05) is 0 Å². The van der Waals surface area contributed by atoms with Crippen LogP contribution in [0.5, 0.6) is 11.5 Å². The molecule has 1 aliphatic carbocycles. The number of aromatic nitrogens is 1. The first-order valence-electron chi connectivity index (χ1n) is 9.89. The van der Waals surface area contributed by atoms with Crippen molar-refractivity contribution in [2.75, 3.05) is 5.32 Å². The number of amides is 1. The van der Waals surface area contributed by atoms with Crippen molar-refractivity contribution >= 4 is 17.7 Å². The summed E-state index contributed by atoms with van der Waals surface area (Å²) >= 11 is 0. The molecule has 0 spiro atoms. The maximum absolute atomic E-state index is 13.7. The van der Waals surface area contributed by atoms with Crippen molar-refractivity contribution in [2.24, 2.45) is 0 Å². The van der Waals surface area contributed by atoms with Crippen molar-refractivity contribution in [1.29, 1.82) is 0 Å². The number of carbonyl (C=O) groups excluding carboxylic acids is 1. The van der Waals surface area contributed by atoms with Crippen LogP contribution in [0.25, 0.3) is 11.3 Å². The Hall–Kier alpha value is -4.08. The minimum absolute atomic E-state index is 0. The second kappa shape index (κ2) is 7.22. The lowest BCUT2D eigenvalue weighted by Crippen LogP contribution is -2.28. The number of halogens is 3. The highest BCUT2D eigenvalue weighted by atomic mass is 19.3. The molecule has 172 valence electrons. The van der Waals surface area contributed by atoms with Gasteiger partial charge >= 0.3 is 12.3 Å². The summed E-state index contributed by atoms with van der Waals surface area (Å²) in [7, 11) is 0. The van der Waals surface area contributed by atoms with Gasteiger partial charge in [0.1, 0.15) is 11.6 Å². The third kappa shape index (κ3) is 3.73. The number of hydrogen-bond acceptors (Lipinski definition) is 5. The molecule has 33 heavy (non-hydrogen) atoms. The predicted octanol–water partition coefficient (Wildman–Crippen LogP) is 5.07. The zero-order chi connectivity index (χ0) is 23.4. The van der Waals surface area contributed by atoms with Crippen LogP contribution >= 0.6 is 0 Å². The van der Waals surface area contributed by atoms with E-state index in [-0.39, 0.29) is 26.1 Å². The van der Waals surface area contributed by atoms with Crippen LogP contribution in [0.4, 0.5) is 19.0 Å². The molecule has 0 bridgehead atoms. The van der Waals surface area contributed by atoms with Crippen LogP contribution in [0.2, 0.25) is 0 Å². The molecular weight excluding hydrogens is 441 g/mol. The number of carbonyl (C=O) groups is 2. The third-order valence-corrected chi connectivity index (χ3v) is 5.62. The number of nitrogens with zero attached hydrogens (tertiary/aromatic N) is 1. The number of hydrogen-bond donors (Lipinski definition) is 2. The number of rotatable bonds is 5. The Balaban J connectivity index is 0.00000171. The zero-order valence-electron chi connectivity index (χ0n) is 16.8. The van der Waals surface area contributed by atoms with Gasteiger partial charge in [0, 0.05) is 8.42 Å². The molecule has 1 fully saturated rings. The van der Waals surface area contributed by atoms with E-state index in [9.17, 15) is 22.8 Å². The number of aromatic carboxylic acids is 1. The van der Waals surface area contributed by atoms with Gasteiger partial charge in [0.25, 0.3) is 0 Å². The van der Waals surface area contributed by atoms with E-state index in [0.717, 1.165) is 12.1 Å². The molecule has 1 aliphatic heterocycles. The highest BCUT2D eigenvalue weighted by Gasteiger charge is 2.53. The van der Waals surface area contributed by atoms with Crippen LogP contribution in [0.15, 0.2) is 54.6 Å². The molecule has 1 saturated carbocycles. The monoisotopic (exact) mass is 460 g/mol. The number of carboxylic acids is 1. The maximum Gasteiger partial charge on any atom is 0.586 e. The van der Waals surface area contributed by atoms with E-state index < -0.39 is 29.1 Å². The zero-order valence-corrected chi connectivity index (χ0v) is 16.8. The van der Waals surface area contributed by atoms with Gasteiger partial charge in [-0.15, -0.1) is 8.78 Å². The third-order valence-electron chi connectivity index (χ3n) is 5.62. The smallest absolute Gasteiger partial charge is 0.478 e. The van der Waals surface area contributed by atoms with Gasteiger partial charge in [0.2, 0.25) is 5.91 Å². The van der Waals surface area contributed by atoms with E-state index in [4.69, 9.17) is 5.11 Å². The van der Waals surface area contributed by atoms with Crippen molar-refractivity contribution in [3.63, 3.8) is 0 Å². The predicted molar refractivity (Wildman–Crippen MR) is 113 cm³/mol. The van der Waals surface area contributed by atoms with E-state index in [1.54, 1.807) is 24.3 Å². The van der Waals surface area contributed by atoms with Gasteiger partial charge in [-0.3, -0.25) is 4.79 Å². The summed E-state index contributed by atoms with van der Waals surface area (Å²) in [5, 5.41) is 11.9. The van der Waals surface area contributed by atoms with E-state index >= 15 is 0 Å². The minimum atomic E-state index is -3.74. The summed E-state index contributed by atoms with van der Waals surface area (Å²) in [6.07, 6.45) is -2.73. The molecule has 1 amide bonds. The number of carboxylic acid groups (broad SMARTS) is 1. The van der Waals surface area contributed by atoms with Crippen LogP contribution in [0, 0.1) is 5.82 Å². The lowest BCUT2D eigenvalue weighted by atomic mass is 9.94. The molecule has 5 rings (SSSR count). The Morgan fingerprint density at radius 2 is 1.79 bits per heavy atom. The lowest BCUT2D eigenvalue weighted by Gasteiger charge is -2.16. The average molecular weight is 460 g/mol. The molecule has 2 N–H and O–H groups in total. The number of alkyl halides is 2. The van der Waals surface area contributed by atoms with Crippen LogP contribution in [0.3, 0.4) is 0 Å². The summed E-state index contributed by atoms with van der Waals surface area (Å²) in [5.41, 5.74) is -0.191. The highest BCUT2D eigenvalue weighted by Crippen LogP contribution is 2.52. The van der Waals surface area contributed by atoms with Crippen LogP contribution in [0.1, 0.15) is 31.6 Å². The molecular formula is C23H19F3N2O5. The molecule has 2 heterocycles. The molecule has 1 aromatic heterocycles. The van der Waals surface area contributed by atoms with Gasteiger partial charge in [-0.05, 0) is 60.9 Å². The summed E-state index contributed by atoms with van der Waals surface area (Å²) in [6.45, 7) is 0. The summed E-state index contributed by atoms with van der Waals surface area (Å²) < 4.78 is 49.2. The molecule has 3 aromatic rings. The fourth-order valence-corrected chi connectivity index (χ4v) is 3.77. The number of ether oxygens (including phenoxy) is 2. The number of pyridine rings is 1. The van der Waals surface area contributed by atoms with Crippen LogP contribution in [-0.2, 0) is 10.2 Å². The van der Waals surface area contributed by atoms with Gasteiger partial charge < -0.3 is 19.9 Å². The van der Waals surface area contributed by atoms with Crippen LogP contribution < -0.4 is 14.8 Å². The number of anilines is 1. The Bertz CT molecular complexity index is 1320. The van der Waals surface area contributed by atoms with Gasteiger partial charge in [-0.25, -0.2) is 14.2 Å². The molecule has 0 saturated heterocycles. The molecule has 2 aromatic carbocycles. The first kappa shape index (κ1) is 20.8. The second-order valence-electron chi connectivity index (χ2n) is 7.77. The minimum Gasteiger partial charge on any atom is -0.478 e. The number of nitrogens with one attached hydrogen (secondary N) is 1. The van der Waals surface area contributed by atoms with Gasteiger partial charge in [0.05, 0.1) is 16.7 Å². The lowest BCUT2D eigenvalue weighted by molar-refractivity contribution is -0.286. The largest absolute Gasteiger partial charge is 0.586 e. The number of benzene rings is 2. The normalized spacial score (nSPS) is 16.8. The average Bonchev–Trinajstić information content (AvgIpc) is 3.51. The first-order chi connectivity index (χ1) is 15.7. The Morgan fingerprint density at radius 1 is 1.03 bits per heavy atom. The van der Waals surface area contributed by atoms with Crippen molar-refractivity contribution in [1.82, 2.24) is 4.98 Å². The topological polar surface area (TPSA) is 97.8 Å². The van der Waals surface area contributed by atoms with Gasteiger partial charge in [-0.2, -0.15) is 0 Å². The summed E-state index contributed by atoms with van der Waals surface area (Å²) in [4.78, 5) is 28.6. The fourth-order valence-electron chi connectivity index (χ4n) is 3.77. The number of fused-ring (bicyclic) bond motifs is 1. The second-order valence-corrected chi connectivity index (χ2v) is 7.77. The maximum atomic E-state index is 13.7. The summed E-state index contributed by atoms with van der Waals surface area (Å²) in [5.74, 6) is -2.68. The quantitative estimate of drug-likeness (QED) is 0.552. The fraction of sp³-hybridized carbons (Fsp3) is 0.174. The van der Waals surface area contributed by atoms with E-state index in [2.05, 4.69) is 19.8 Å². The molecule has 2 aliphatic rings. The van der Waals surface area contributed by atoms with Crippen molar-refractivity contribution in [3.8, 4) is 22.8 Å². The standard InChI is InChI=1S/C23H15F3N2O5.2H2/c24-15-6-4-12(10-14(15)20(29)30)16-2-1-3-19(27-16)28-21(31)22(8-9-22)13-5-7-17-18(11-13)33-23(25,26)32-17;;/h1-7,10-11H,8-9H2,(H,29,30)(H,27,28,31);2*1H. The van der Waals surface area contributed by atoms with Crippen molar-refractivity contribution < 1.29 is 40.2 Å². The molecule has 0 unspecified atom stereocenters. The molecule has 0 radical (unpaired) electrons. The van der Waals surface area contributed by atoms with Gasteiger partial charge in [0.15, 0.2) is 11.5 Å². The molecule has 0 atom stereocenters. The first-order valence-corrected chi connectivity index (χ1v) is 9.89. The Morgan fingerprint density at radius 3 is 2.52 bits per heavy atom. The SMILES string of the molecule is O=C(O)c1cc(-c2cccc(NC(=O)C3(c4ccc5c(c4)OC(F)(F)O5)CC3)n2)ccc1F.[HH].[HH]. The van der Waals surface area contributed by atoms with E-state index in [1.165, 1.54) is 18.2 Å². The van der Waals surface area contributed by atoms with E-state index in [0.29, 0.717) is 29.7 Å². The van der Waals surface area contributed by atoms with Crippen molar-refractivity contribution in [2.45, 2.75) is 24.6 Å². The molecule has 10 heteroatoms.